The molecule has 0 fully saturated rings. The smallest absolute Gasteiger partial charge is 0.172 e. The Kier molecular flexibility index (Phi) is 4.97. The van der Waals surface area contributed by atoms with Gasteiger partial charge in [-0.2, -0.15) is 15.8 Å². The topological polar surface area (TPSA) is 83.8 Å². The van der Waals surface area contributed by atoms with Gasteiger partial charge in [-0.25, -0.2) is 0 Å². The molecule has 0 radical (unpaired) electrons. The molecule has 0 saturated carbocycles. The molecule has 0 unspecified atom stereocenters. The summed E-state index contributed by atoms with van der Waals surface area (Å²) in [5, 5.41) is 28.1. The van der Waals surface area contributed by atoms with E-state index in [0.29, 0.717) is 5.57 Å². The van der Waals surface area contributed by atoms with Crippen molar-refractivity contribution in [1.82, 2.24) is 0 Å². The second kappa shape index (κ2) is 7.24. The standard InChI is InChI=1S/C22H18N4OS/c1-22(2)20(17(13-25)21(27-22)15(11-23)12-24)19-10-9-18(28-19)14-5-7-16(8-6-14)26(3)4/h5-10H,1-4H3. The second-order valence-electron chi connectivity index (χ2n) is 7.01. The highest BCUT2D eigenvalue weighted by Crippen LogP contribution is 2.47. The Labute approximate surface area is 168 Å². The van der Waals surface area contributed by atoms with E-state index in [9.17, 15) is 15.8 Å². The first-order chi connectivity index (χ1) is 13.3. The highest BCUT2D eigenvalue weighted by atomic mass is 32.1. The van der Waals surface area contributed by atoms with Gasteiger partial charge in [0.25, 0.3) is 0 Å². The van der Waals surface area contributed by atoms with Crippen molar-refractivity contribution in [3.05, 3.63) is 58.2 Å². The predicted molar refractivity (Wildman–Crippen MR) is 110 cm³/mol. The molecule has 6 heteroatoms. The molecule has 0 aliphatic carbocycles. The quantitative estimate of drug-likeness (QED) is 0.703. The lowest BCUT2D eigenvalue weighted by Gasteiger charge is -2.21. The van der Waals surface area contributed by atoms with Crippen LogP contribution in [0.2, 0.25) is 0 Å². The normalized spacial score (nSPS) is 14.7. The van der Waals surface area contributed by atoms with Crippen molar-refractivity contribution in [3.8, 4) is 28.6 Å². The maximum Gasteiger partial charge on any atom is 0.172 e. The van der Waals surface area contributed by atoms with Crippen LogP contribution < -0.4 is 4.90 Å². The second-order valence-corrected chi connectivity index (χ2v) is 8.09. The largest absolute Gasteiger partial charge is 0.479 e. The van der Waals surface area contributed by atoms with Crippen LogP contribution in [-0.2, 0) is 4.74 Å². The van der Waals surface area contributed by atoms with Crippen LogP contribution in [0.3, 0.4) is 0 Å². The summed E-state index contributed by atoms with van der Waals surface area (Å²) in [4.78, 5) is 4.00. The van der Waals surface area contributed by atoms with Crippen molar-refractivity contribution >= 4 is 22.6 Å². The average Bonchev–Trinajstić information content (AvgIpc) is 3.24. The Morgan fingerprint density at radius 3 is 2.11 bits per heavy atom. The van der Waals surface area contributed by atoms with Crippen molar-refractivity contribution in [2.75, 3.05) is 19.0 Å². The zero-order valence-corrected chi connectivity index (χ0v) is 16.9. The first-order valence-electron chi connectivity index (χ1n) is 8.59. The minimum absolute atomic E-state index is 0.0674. The molecule has 0 saturated heterocycles. The van der Waals surface area contributed by atoms with E-state index in [2.05, 4.69) is 30.3 Å². The fourth-order valence-electron chi connectivity index (χ4n) is 3.15. The molecule has 0 N–H and O–H groups in total. The number of nitrogens with zero attached hydrogens (tertiary/aromatic N) is 4. The number of anilines is 1. The third-order valence-corrected chi connectivity index (χ3v) is 5.67. The Hall–Kier alpha value is -3.53. The number of allylic oxidation sites excluding steroid dienone is 2. The van der Waals surface area contributed by atoms with Crippen molar-refractivity contribution in [2.24, 2.45) is 0 Å². The van der Waals surface area contributed by atoms with Gasteiger partial charge in [0, 0.05) is 35.1 Å². The maximum absolute atomic E-state index is 9.71. The van der Waals surface area contributed by atoms with Crippen molar-refractivity contribution in [3.63, 3.8) is 0 Å². The Morgan fingerprint density at radius 2 is 1.57 bits per heavy atom. The Balaban J connectivity index is 2.10. The predicted octanol–water partition coefficient (Wildman–Crippen LogP) is 4.87. The third-order valence-electron chi connectivity index (χ3n) is 4.52. The molecule has 0 spiro atoms. The van der Waals surface area contributed by atoms with E-state index in [1.807, 2.05) is 57.1 Å². The summed E-state index contributed by atoms with van der Waals surface area (Å²) in [6, 6.07) is 18.0. The van der Waals surface area contributed by atoms with Crippen LogP contribution in [0.25, 0.3) is 16.0 Å². The molecule has 1 aromatic heterocycles. The molecule has 0 atom stereocenters. The molecule has 0 bridgehead atoms. The third kappa shape index (κ3) is 3.25. The van der Waals surface area contributed by atoms with E-state index in [1.165, 1.54) is 0 Å². The molecule has 2 aromatic rings. The molecule has 1 aliphatic rings. The van der Waals surface area contributed by atoms with Gasteiger partial charge in [0.15, 0.2) is 11.3 Å². The number of nitriles is 3. The van der Waals surface area contributed by atoms with Gasteiger partial charge in [-0.15, -0.1) is 11.3 Å². The van der Waals surface area contributed by atoms with Gasteiger partial charge in [0.2, 0.25) is 0 Å². The first-order valence-corrected chi connectivity index (χ1v) is 9.40. The summed E-state index contributed by atoms with van der Waals surface area (Å²) in [6.45, 7) is 3.68. The molecule has 138 valence electrons. The van der Waals surface area contributed by atoms with Crippen LogP contribution >= 0.6 is 11.3 Å². The average molecular weight is 386 g/mol. The van der Waals surface area contributed by atoms with Crippen molar-refractivity contribution in [2.45, 2.75) is 19.4 Å². The number of thiophene rings is 1. The number of rotatable bonds is 3. The lowest BCUT2D eigenvalue weighted by molar-refractivity contribution is 0.109. The minimum atomic E-state index is -0.809. The van der Waals surface area contributed by atoms with Crippen LogP contribution in [0, 0.1) is 34.0 Å². The number of benzene rings is 1. The summed E-state index contributed by atoms with van der Waals surface area (Å²) in [5.41, 5.74) is 2.17. The van der Waals surface area contributed by atoms with E-state index in [1.54, 1.807) is 11.3 Å². The zero-order valence-electron chi connectivity index (χ0n) is 16.1. The minimum Gasteiger partial charge on any atom is -0.479 e. The molecule has 2 heterocycles. The van der Waals surface area contributed by atoms with Crippen LogP contribution in [0.4, 0.5) is 5.69 Å². The lowest BCUT2D eigenvalue weighted by Crippen LogP contribution is -2.20. The van der Waals surface area contributed by atoms with Crippen LogP contribution in [0.15, 0.2) is 53.3 Å². The molecule has 5 nitrogen and oxygen atoms in total. The van der Waals surface area contributed by atoms with Gasteiger partial charge in [0.1, 0.15) is 29.4 Å². The summed E-state index contributed by atoms with van der Waals surface area (Å²) < 4.78 is 5.86. The maximum atomic E-state index is 9.71. The molecule has 0 amide bonds. The Bertz CT molecular complexity index is 1100. The van der Waals surface area contributed by atoms with Gasteiger partial charge in [0.05, 0.1) is 0 Å². The van der Waals surface area contributed by atoms with E-state index in [0.717, 1.165) is 21.0 Å². The SMILES string of the molecule is CN(C)c1ccc(-c2ccc(C3=C(C#N)C(=C(C#N)C#N)OC3(C)C)s2)cc1. The van der Waals surface area contributed by atoms with Crippen LogP contribution in [0.1, 0.15) is 18.7 Å². The molecular formula is C22H18N4OS. The summed E-state index contributed by atoms with van der Waals surface area (Å²) in [6.07, 6.45) is 0. The molecule has 1 aromatic carbocycles. The molecule has 28 heavy (non-hydrogen) atoms. The van der Waals surface area contributed by atoms with Gasteiger partial charge < -0.3 is 9.64 Å². The van der Waals surface area contributed by atoms with Crippen molar-refractivity contribution < 1.29 is 4.74 Å². The Morgan fingerprint density at radius 1 is 0.964 bits per heavy atom. The molecular weight excluding hydrogens is 368 g/mol. The van der Waals surface area contributed by atoms with E-state index in [4.69, 9.17) is 4.74 Å². The van der Waals surface area contributed by atoms with Gasteiger partial charge in [-0.05, 0) is 43.7 Å². The van der Waals surface area contributed by atoms with Gasteiger partial charge >= 0.3 is 0 Å². The molecule has 1 aliphatic heterocycles. The fourth-order valence-corrected chi connectivity index (χ4v) is 4.37. The highest BCUT2D eigenvalue weighted by molar-refractivity contribution is 7.16. The molecule has 3 rings (SSSR count). The number of ether oxygens (including phenoxy) is 1. The van der Waals surface area contributed by atoms with E-state index < -0.39 is 5.60 Å². The summed E-state index contributed by atoms with van der Waals surface area (Å²) in [7, 11) is 4.00. The van der Waals surface area contributed by atoms with Crippen molar-refractivity contribution in [1.29, 1.82) is 15.8 Å². The summed E-state index contributed by atoms with van der Waals surface area (Å²) >= 11 is 1.56. The van der Waals surface area contributed by atoms with Gasteiger partial charge in [-0.1, -0.05) is 12.1 Å². The highest BCUT2D eigenvalue weighted by Gasteiger charge is 2.41. The van der Waals surface area contributed by atoms with Gasteiger partial charge in [-0.3, -0.25) is 0 Å². The fraction of sp³-hybridized carbons (Fsp3) is 0.227. The lowest BCUT2D eigenvalue weighted by atomic mass is 9.94. The van der Waals surface area contributed by atoms with Crippen LogP contribution in [-0.4, -0.2) is 19.7 Å². The number of hydrogen-bond acceptors (Lipinski definition) is 6. The van der Waals surface area contributed by atoms with E-state index >= 15 is 0 Å². The van der Waals surface area contributed by atoms with E-state index in [-0.39, 0.29) is 16.9 Å². The first kappa shape index (κ1) is 19.2. The summed E-state index contributed by atoms with van der Waals surface area (Å²) in [5.74, 6) is 0.0674. The number of hydrogen-bond donors (Lipinski definition) is 0. The zero-order chi connectivity index (χ0) is 20.5. The monoisotopic (exact) mass is 386 g/mol. The van der Waals surface area contributed by atoms with Crippen LogP contribution in [0.5, 0.6) is 0 Å².